The van der Waals surface area contributed by atoms with Crippen LogP contribution in [0, 0.1) is 0 Å². The van der Waals surface area contributed by atoms with Gasteiger partial charge in [-0.2, -0.15) is 0 Å². The number of hydrogen-bond acceptors (Lipinski definition) is 4. The van der Waals surface area contributed by atoms with Crippen molar-refractivity contribution in [2.24, 2.45) is 4.99 Å². The molecule has 1 aliphatic carbocycles. The quantitative estimate of drug-likeness (QED) is 0.274. The van der Waals surface area contributed by atoms with Gasteiger partial charge in [0.15, 0.2) is 5.96 Å². The van der Waals surface area contributed by atoms with Crippen molar-refractivity contribution in [2.75, 3.05) is 34.4 Å². The molecule has 1 saturated carbocycles. The van der Waals surface area contributed by atoms with Crippen molar-refractivity contribution < 1.29 is 14.2 Å². The molecule has 0 heterocycles. The van der Waals surface area contributed by atoms with Crippen LogP contribution in [-0.4, -0.2) is 46.5 Å². The van der Waals surface area contributed by atoms with Crippen LogP contribution in [0.25, 0.3) is 0 Å². The lowest BCUT2D eigenvalue weighted by molar-refractivity contribution is 0.0411. The standard InChI is InChI=1S/C22H37N3O3/c1-23-22(25-17-18-12-13-20(26-2)16-21(18)27-3)24-14-8-9-15-28-19-10-6-4-5-7-11-19/h12-13,16,19H,4-11,14-15,17H2,1-3H3,(H2,23,24,25). The molecular weight excluding hydrogens is 354 g/mol. The van der Waals surface area contributed by atoms with Gasteiger partial charge in [-0.25, -0.2) is 0 Å². The summed E-state index contributed by atoms with van der Waals surface area (Å²) in [6, 6.07) is 5.83. The molecule has 6 nitrogen and oxygen atoms in total. The van der Waals surface area contributed by atoms with Gasteiger partial charge in [-0.1, -0.05) is 25.7 Å². The van der Waals surface area contributed by atoms with E-state index >= 15 is 0 Å². The minimum absolute atomic E-state index is 0.490. The maximum Gasteiger partial charge on any atom is 0.191 e. The van der Waals surface area contributed by atoms with Gasteiger partial charge >= 0.3 is 0 Å². The Kier molecular flexibility index (Phi) is 10.6. The van der Waals surface area contributed by atoms with Crippen molar-refractivity contribution in [3.8, 4) is 11.5 Å². The van der Waals surface area contributed by atoms with Gasteiger partial charge in [-0.05, 0) is 37.8 Å². The second kappa shape index (κ2) is 13.3. The fourth-order valence-electron chi connectivity index (χ4n) is 3.49. The number of ether oxygens (including phenoxy) is 3. The lowest BCUT2D eigenvalue weighted by atomic mass is 10.1. The number of rotatable bonds is 10. The second-order valence-corrected chi connectivity index (χ2v) is 7.22. The van der Waals surface area contributed by atoms with Crippen molar-refractivity contribution in [3.63, 3.8) is 0 Å². The van der Waals surface area contributed by atoms with Crippen LogP contribution >= 0.6 is 0 Å². The molecule has 158 valence electrons. The van der Waals surface area contributed by atoms with Crippen molar-refractivity contribution in [3.05, 3.63) is 23.8 Å². The fraction of sp³-hybridized carbons (Fsp3) is 0.682. The van der Waals surface area contributed by atoms with Crippen LogP contribution in [0.5, 0.6) is 11.5 Å². The van der Waals surface area contributed by atoms with Crippen molar-refractivity contribution in [2.45, 2.75) is 64.0 Å². The van der Waals surface area contributed by atoms with Crippen molar-refractivity contribution in [1.29, 1.82) is 0 Å². The van der Waals surface area contributed by atoms with E-state index in [1.54, 1.807) is 21.3 Å². The normalized spacial score (nSPS) is 15.8. The highest BCUT2D eigenvalue weighted by molar-refractivity contribution is 5.79. The van der Waals surface area contributed by atoms with Gasteiger partial charge in [0.1, 0.15) is 11.5 Å². The lowest BCUT2D eigenvalue weighted by Crippen LogP contribution is -2.37. The molecule has 0 bridgehead atoms. The van der Waals surface area contributed by atoms with Crippen LogP contribution in [-0.2, 0) is 11.3 Å². The summed E-state index contributed by atoms with van der Waals surface area (Å²) in [5.41, 5.74) is 1.06. The SMILES string of the molecule is CN=C(NCCCCOC1CCCCCC1)NCc1ccc(OC)cc1OC. The molecular formula is C22H37N3O3. The molecule has 0 saturated heterocycles. The largest absolute Gasteiger partial charge is 0.497 e. The molecule has 1 aromatic carbocycles. The van der Waals surface area contributed by atoms with Crippen LogP contribution < -0.4 is 20.1 Å². The van der Waals surface area contributed by atoms with E-state index in [0.717, 1.165) is 49.0 Å². The number of nitrogens with zero attached hydrogens (tertiary/aromatic N) is 1. The highest BCUT2D eigenvalue weighted by Crippen LogP contribution is 2.24. The number of unbranched alkanes of at least 4 members (excludes halogenated alkanes) is 1. The van der Waals surface area contributed by atoms with Gasteiger partial charge < -0.3 is 24.8 Å². The average molecular weight is 392 g/mol. The molecule has 0 spiro atoms. The van der Waals surface area contributed by atoms with Crippen LogP contribution in [0.15, 0.2) is 23.2 Å². The molecule has 2 N–H and O–H groups in total. The minimum Gasteiger partial charge on any atom is -0.497 e. The molecule has 0 unspecified atom stereocenters. The van der Waals surface area contributed by atoms with Crippen LogP contribution in [0.1, 0.15) is 56.9 Å². The third kappa shape index (κ3) is 7.97. The predicted molar refractivity (Wildman–Crippen MR) is 114 cm³/mol. The first-order chi connectivity index (χ1) is 13.8. The molecule has 0 radical (unpaired) electrons. The Balaban J connectivity index is 1.62. The van der Waals surface area contributed by atoms with Gasteiger partial charge in [0.05, 0.1) is 20.3 Å². The zero-order chi connectivity index (χ0) is 20.0. The first-order valence-corrected chi connectivity index (χ1v) is 10.5. The number of hydrogen-bond donors (Lipinski definition) is 2. The van der Waals surface area contributed by atoms with Crippen molar-refractivity contribution in [1.82, 2.24) is 10.6 Å². The third-order valence-corrected chi connectivity index (χ3v) is 5.18. The van der Waals surface area contributed by atoms with E-state index < -0.39 is 0 Å². The minimum atomic E-state index is 0.490. The fourth-order valence-corrected chi connectivity index (χ4v) is 3.49. The summed E-state index contributed by atoms with van der Waals surface area (Å²) >= 11 is 0. The highest BCUT2D eigenvalue weighted by atomic mass is 16.5. The van der Waals surface area contributed by atoms with E-state index in [2.05, 4.69) is 15.6 Å². The summed E-state index contributed by atoms with van der Waals surface area (Å²) in [7, 11) is 5.11. The van der Waals surface area contributed by atoms with Gasteiger partial charge in [0, 0.05) is 38.4 Å². The number of aliphatic imine (C=N–C) groups is 1. The Morgan fingerprint density at radius 2 is 1.82 bits per heavy atom. The number of methoxy groups -OCH3 is 2. The van der Waals surface area contributed by atoms with Crippen LogP contribution in [0.4, 0.5) is 0 Å². The molecule has 0 atom stereocenters. The zero-order valence-corrected chi connectivity index (χ0v) is 17.8. The monoisotopic (exact) mass is 391 g/mol. The molecule has 0 aromatic heterocycles. The van der Waals surface area contributed by atoms with E-state index in [1.165, 1.54) is 38.5 Å². The Hall–Kier alpha value is -1.95. The maximum absolute atomic E-state index is 6.05. The van der Waals surface area contributed by atoms with E-state index in [9.17, 15) is 0 Å². The predicted octanol–water partition coefficient (Wildman–Crippen LogP) is 3.89. The number of benzene rings is 1. The Morgan fingerprint density at radius 1 is 1.04 bits per heavy atom. The Bertz CT molecular complexity index is 584. The van der Waals surface area contributed by atoms with Gasteiger partial charge in [0.25, 0.3) is 0 Å². The number of nitrogens with one attached hydrogen (secondary N) is 2. The molecule has 0 amide bonds. The zero-order valence-electron chi connectivity index (χ0n) is 17.8. The Morgan fingerprint density at radius 3 is 2.50 bits per heavy atom. The first-order valence-electron chi connectivity index (χ1n) is 10.5. The Labute approximate surface area is 170 Å². The molecule has 0 aliphatic heterocycles. The maximum atomic E-state index is 6.05. The summed E-state index contributed by atoms with van der Waals surface area (Å²) in [6.45, 7) is 2.38. The van der Waals surface area contributed by atoms with Gasteiger partial charge in [-0.3, -0.25) is 4.99 Å². The summed E-state index contributed by atoms with van der Waals surface area (Å²) in [4.78, 5) is 4.29. The molecule has 28 heavy (non-hydrogen) atoms. The van der Waals surface area contributed by atoms with Crippen molar-refractivity contribution >= 4 is 5.96 Å². The van der Waals surface area contributed by atoms with Crippen LogP contribution in [0.3, 0.4) is 0 Å². The molecule has 2 rings (SSSR count). The van der Waals surface area contributed by atoms with Gasteiger partial charge in [0.2, 0.25) is 0 Å². The van der Waals surface area contributed by atoms with E-state index in [4.69, 9.17) is 14.2 Å². The second-order valence-electron chi connectivity index (χ2n) is 7.22. The topological polar surface area (TPSA) is 64.1 Å². The molecule has 6 heteroatoms. The van der Waals surface area contributed by atoms with E-state index in [1.807, 2.05) is 18.2 Å². The average Bonchev–Trinajstić information content (AvgIpc) is 3.01. The molecule has 1 aromatic rings. The summed E-state index contributed by atoms with van der Waals surface area (Å²) < 4.78 is 16.7. The summed E-state index contributed by atoms with van der Waals surface area (Å²) in [5.74, 6) is 2.38. The summed E-state index contributed by atoms with van der Waals surface area (Å²) in [6.07, 6.45) is 10.5. The first kappa shape index (κ1) is 22.3. The third-order valence-electron chi connectivity index (χ3n) is 5.18. The lowest BCUT2D eigenvalue weighted by Gasteiger charge is -2.16. The van der Waals surface area contributed by atoms with Gasteiger partial charge in [-0.15, -0.1) is 0 Å². The molecule has 1 fully saturated rings. The van der Waals surface area contributed by atoms with E-state index in [0.29, 0.717) is 12.6 Å². The summed E-state index contributed by atoms with van der Waals surface area (Å²) in [5, 5.41) is 6.70. The van der Waals surface area contributed by atoms with Crippen LogP contribution in [0.2, 0.25) is 0 Å². The smallest absolute Gasteiger partial charge is 0.191 e. The van der Waals surface area contributed by atoms with E-state index in [-0.39, 0.29) is 0 Å². The highest BCUT2D eigenvalue weighted by Gasteiger charge is 2.12. The number of guanidine groups is 1. The molecule has 1 aliphatic rings.